The van der Waals surface area contributed by atoms with Crippen molar-refractivity contribution < 1.29 is 9.53 Å². The van der Waals surface area contributed by atoms with Gasteiger partial charge in [0.1, 0.15) is 5.01 Å². The van der Waals surface area contributed by atoms with Crippen molar-refractivity contribution in [2.45, 2.75) is 52.0 Å². The van der Waals surface area contributed by atoms with Crippen molar-refractivity contribution in [3.05, 3.63) is 16.6 Å². The second-order valence-corrected chi connectivity index (χ2v) is 5.90. The summed E-state index contributed by atoms with van der Waals surface area (Å²) in [6, 6.07) is 0. The maximum atomic E-state index is 11.1. The van der Waals surface area contributed by atoms with E-state index in [1.54, 1.807) is 11.3 Å². The predicted octanol–water partition coefficient (Wildman–Crippen LogP) is 3.09. The third kappa shape index (κ3) is 6.16. The number of hydrogen-bond donors (Lipinski definition) is 1. The Labute approximate surface area is 119 Å². The molecule has 0 unspecified atom stereocenters. The van der Waals surface area contributed by atoms with E-state index in [0.29, 0.717) is 13.0 Å². The molecule has 0 aliphatic heterocycles. The van der Waals surface area contributed by atoms with Crippen molar-refractivity contribution in [3.8, 4) is 0 Å². The van der Waals surface area contributed by atoms with Gasteiger partial charge in [0.15, 0.2) is 0 Å². The molecule has 0 aliphatic carbocycles. The number of ether oxygens (including phenoxy) is 1. The zero-order valence-electron chi connectivity index (χ0n) is 12.1. The highest BCUT2D eigenvalue weighted by Gasteiger charge is 2.21. The summed E-state index contributed by atoms with van der Waals surface area (Å²) in [5.41, 5.74) is -0.0741. The third-order valence-corrected chi connectivity index (χ3v) is 3.99. The van der Waals surface area contributed by atoms with Crippen LogP contribution in [0.2, 0.25) is 0 Å². The first-order chi connectivity index (χ1) is 9.06. The molecular weight excluding hydrogens is 260 g/mol. The molecule has 0 amide bonds. The molecular formula is C14H24N2O2S. The SMILES string of the molecule is CCOC(=O)CCCCCNC(C)(C)c1nccs1. The maximum absolute atomic E-state index is 11.1. The summed E-state index contributed by atoms with van der Waals surface area (Å²) in [4.78, 5) is 15.5. The van der Waals surface area contributed by atoms with E-state index >= 15 is 0 Å². The van der Waals surface area contributed by atoms with Crippen LogP contribution >= 0.6 is 11.3 Å². The minimum Gasteiger partial charge on any atom is -0.466 e. The zero-order valence-corrected chi connectivity index (χ0v) is 12.9. The van der Waals surface area contributed by atoms with Crippen LogP contribution in [0.25, 0.3) is 0 Å². The van der Waals surface area contributed by atoms with Gasteiger partial charge in [-0.1, -0.05) is 6.42 Å². The van der Waals surface area contributed by atoms with E-state index in [-0.39, 0.29) is 11.5 Å². The van der Waals surface area contributed by atoms with Gasteiger partial charge in [0.25, 0.3) is 0 Å². The Hall–Kier alpha value is -0.940. The molecule has 1 rings (SSSR count). The second kappa shape index (κ2) is 8.27. The van der Waals surface area contributed by atoms with Crippen molar-refractivity contribution in [1.29, 1.82) is 0 Å². The molecule has 1 N–H and O–H groups in total. The van der Waals surface area contributed by atoms with Gasteiger partial charge < -0.3 is 10.1 Å². The van der Waals surface area contributed by atoms with Crippen LogP contribution in [0, 0.1) is 0 Å². The number of aromatic nitrogens is 1. The third-order valence-electron chi connectivity index (χ3n) is 2.90. The Balaban J connectivity index is 2.09. The zero-order chi connectivity index (χ0) is 14.1. The highest BCUT2D eigenvalue weighted by Crippen LogP contribution is 2.21. The number of carbonyl (C=O) groups excluding carboxylic acids is 1. The minimum absolute atomic E-state index is 0.0741. The summed E-state index contributed by atoms with van der Waals surface area (Å²) in [6.07, 6.45) is 5.37. The van der Waals surface area contributed by atoms with E-state index < -0.39 is 0 Å². The number of thiazole rings is 1. The largest absolute Gasteiger partial charge is 0.466 e. The number of nitrogens with zero attached hydrogens (tertiary/aromatic N) is 1. The number of esters is 1. The van der Waals surface area contributed by atoms with Gasteiger partial charge in [0.2, 0.25) is 0 Å². The molecule has 0 radical (unpaired) electrons. The summed E-state index contributed by atoms with van der Waals surface area (Å²) in [5, 5.41) is 6.61. The molecule has 0 fully saturated rings. The first-order valence-corrected chi connectivity index (χ1v) is 7.75. The first-order valence-electron chi connectivity index (χ1n) is 6.87. The van der Waals surface area contributed by atoms with Crippen molar-refractivity contribution in [1.82, 2.24) is 10.3 Å². The van der Waals surface area contributed by atoms with Crippen LogP contribution in [0.4, 0.5) is 0 Å². The van der Waals surface area contributed by atoms with Crippen molar-refractivity contribution in [2.24, 2.45) is 0 Å². The topological polar surface area (TPSA) is 51.2 Å². The van der Waals surface area contributed by atoms with Crippen LogP contribution in [-0.4, -0.2) is 24.1 Å². The van der Waals surface area contributed by atoms with Crippen molar-refractivity contribution in [2.75, 3.05) is 13.2 Å². The Morgan fingerprint density at radius 1 is 1.42 bits per heavy atom. The highest BCUT2D eigenvalue weighted by atomic mass is 32.1. The van der Waals surface area contributed by atoms with Gasteiger partial charge in [-0.05, 0) is 40.2 Å². The summed E-state index contributed by atoms with van der Waals surface area (Å²) in [5.74, 6) is -0.0847. The maximum Gasteiger partial charge on any atom is 0.305 e. The molecule has 4 nitrogen and oxygen atoms in total. The first kappa shape index (κ1) is 16.1. The van der Waals surface area contributed by atoms with E-state index in [0.717, 1.165) is 30.8 Å². The van der Waals surface area contributed by atoms with Crippen LogP contribution in [0.15, 0.2) is 11.6 Å². The summed E-state index contributed by atoms with van der Waals surface area (Å²) in [7, 11) is 0. The number of nitrogens with one attached hydrogen (secondary N) is 1. The fourth-order valence-corrected chi connectivity index (χ4v) is 2.55. The van der Waals surface area contributed by atoms with E-state index in [1.807, 2.05) is 18.5 Å². The van der Waals surface area contributed by atoms with Crippen LogP contribution in [-0.2, 0) is 15.1 Å². The lowest BCUT2D eigenvalue weighted by Crippen LogP contribution is -2.37. The number of hydrogen-bond acceptors (Lipinski definition) is 5. The van der Waals surface area contributed by atoms with Crippen molar-refractivity contribution in [3.63, 3.8) is 0 Å². The molecule has 5 heteroatoms. The average Bonchev–Trinajstić information content (AvgIpc) is 2.88. The molecule has 0 aliphatic rings. The van der Waals surface area contributed by atoms with Gasteiger partial charge in [0, 0.05) is 18.0 Å². The number of rotatable bonds is 9. The molecule has 0 spiro atoms. The summed E-state index contributed by atoms with van der Waals surface area (Å²) >= 11 is 1.67. The summed E-state index contributed by atoms with van der Waals surface area (Å²) in [6.45, 7) is 7.54. The lowest BCUT2D eigenvalue weighted by molar-refractivity contribution is -0.143. The fraction of sp³-hybridized carbons (Fsp3) is 0.714. The monoisotopic (exact) mass is 284 g/mol. The molecule has 0 bridgehead atoms. The van der Waals surface area contributed by atoms with Crippen molar-refractivity contribution >= 4 is 17.3 Å². The van der Waals surface area contributed by atoms with E-state index in [4.69, 9.17) is 4.74 Å². The van der Waals surface area contributed by atoms with Crippen LogP contribution < -0.4 is 5.32 Å². The highest BCUT2D eigenvalue weighted by molar-refractivity contribution is 7.09. The Kier molecular flexibility index (Phi) is 7.02. The normalized spacial score (nSPS) is 11.5. The van der Waals surface area contributed by atoms with E-state index in [2.05, 4.69) is 24.1 Å². The fourth-order valence-electron chi connectivity index (χ4n) is 1.81. The van der Waals surface area contributed by atoms with Crippen LogP contribution in [0.1, 0.15) is 51.5 Å². The molecule has 1 aromatic rings. The quantitative estimate of drug-likeness (QED) is 0.559. The molecule has 19 heavy (non-hydrogen) atoms. The lowest BCUT2D eigenvalue weighted by Gasteiger charge is -2.23. The molecule has 0 saturated carbocycles. The van der Waals surface area contributed by atoms with Gasteiger partial charge in [-0.2, -0.15) is 0 Å². The van der Waals surface area contributed by atoms with Crippen LogP contribution in [0.3, 0.4) is 0 Å². The molecule has 0 aromatic carbocycles. The Morgan fingerprint density at radius 2 is 2.21 bits per heavy atom. The molecule has 1 aromatic heterocycles. The van der Waals surface area contributed by atoms with Gasteiger partial charge in [-0.15, -0.1) is 11.3 Å². The molecule has 0 atom stereocenters. The van der Waals surface area contributed by atoms with Crippen LogP contribution in [0.5, 0.6) is 0 Å². The average molecular weight is 284 g/mol. The lowest BCUT2D eigenvalue weighted by atomic mass is 10.1. The smallest absolute Gasteiger partial charge is 0.305 e. The van der Waals surface area contributed by atoms with E-state index in [1.165, 1.54) is 0 Å². The second-order valence-electron chi connectivity index (χ2n) is 5.00. The standard InChI is InChI=1S/C14H24N2O2S/c1-4-18-12(17)8-6-5-7-9-16-14(2,3)13-15-10-11-19-13/h10-11,16H,4-9H2,1-3H3. The molecule has 1 heterocycles. The Bertz CT molecular complexity index is 364. The molecule has 108 valence electrons. The van der Waals surface area contributed by atoms with Gasteiger partial charge in [0.05, 0.1) is 12.1 Å². The summed E-state index contributed by atoms with van der Waals surface area (Å²) < 4.78 is 4.89. The number of unbranched alkanes of at least 4 members (excludes halogenated alkanes) is 2. The van der Waals surface area contributed by atoms with E-state index in [9.17, 15) is 4.79 Å². The Morgan fingerprint density at radius 3 is 2.84 bits per heavy atom. The van der Waals surface area contributed by atoms with Gasteiger partial charge in [-0.3, -0.25) is 4.79 Å². The minimum atomic E-state index is -0.0847. The van der Waals surface area contributed by atoms with Gasteiger partial charge in [-0.25, -0.2) is 4.98 Å². The van der Waals surface area contributed by atoms with Gasteiger partial charge >= 0.3 is 5.97 Å². The number of carbonyl (C=O) groups is 1. The predicted molar refractivity (Wildman–Crippen MR) is 78.2 cm³/mol. The molecule has 0 saturated heterocycles.